The first-order valence-corrected chi connectivity index (χ1v) is 9.97. The molecule has 0 aliphatic carbocycles. The van der Waals surface area contributed by atoms with Gasteiger partial charge in [0.2, 0.25) is 5.91 Å². The van der Waals surface area contributed by atoms with E-state index in [0.29, 0.717) is 24.2 Å². The standard InChI is InChI=1S/C24H28N2O4/c1-16-6-9-19(10-7-16)29-13-12-18-8-11-22-20(14-18)21(25-17(2)27)15-26(22)23(28)30-24(3,4)5/h6-11,14-15H,12-13H2,1-5H3,(H,25,27). The summed E-state index contributed by atoms with van der Waals surface area (Å²) in [5.41, 5.74) is 2.87. The van der Waals surface area contributed by atoms with E-state index in [1.54, 1.807) is 6.20 Å². The van der Waals surface area contributed by atoms with Crippen molar-refractivity contribution >= 4 is 28.6 Å². The Balaban J connectivity index is 1.83. The number of aromatic nitrogens is 1. The minimum Gasteiger partial charge on any atom is -0.493 e. The number of anilines is 1. The SMILES string of the molecule is CC(=O)Nc1cn(C(=O)OC(C)(C)C)c2ccc(CCOc3ccc(C)cc3)cc12. The molecule has 1 aromatic heterocycles. The van der Waals surface area contributed by atoms with E-state index in [1.165, 1.54) is 17.1 Å². The lowest BCUT2D eigenvalue weighted by Crippen LogP contribution is -2.26. The molecule has 3 rings (SSSR count). The van der Waals surface area contributed by atoms with Crippen molar-refractivity contribution in [2.75, 3.05) is 11.9 Å². The van der Waals surface area contributed by atoms with Gasteiger partial charge in [0.05, 0.1) is 17.8 Å². The summed E-state index contributed by atoms with van der Waals surface area (Å²) in [7, 11) is 0. The summed E-state index contributed by atoms with van der Waals surface area (Å²) in [4.78, 5) is 24.3. The van der Waals surface area contributed by atoms with Crippen LogP contribution in [-0.2, 0) is 16.0 Å². The van der Waals surface area contributed by atoms with Gasteiger partial charge >= 0.3 is 6.09 Å². The largest absolute Gasteiger partial charge is 0.493 e. The fraction of sp³-hybridized carbons (Fsp3) is 0.333. The van der Waals surface area contributed by atoms with E-state index in [4.69, 9.17) is 9.47 Å². The van der Waals surface area contributed by atoms with Crippen LogP contribution in [0.4, 0.5) is 10.5 Å². The first kappa shape index (κ1) is 21.4. The maximum Gasteiger partial charge on any atom is 0.419 e. The zero-order chi connectivity index (χ0) is 21.9. The summed E-state index contributed by atoms with van der Waals surface area (Å²) >= 11 is 0. The number of aryl methyl sites for hydroxylation is 1. The van der Waals surface area contributed by atoms with Gasteiger partial charge in [-0.25, -0.2) is 4.79 Å². The molecule has 0 saturated heterocycles. The third-order valence-electron chi connectivity index (χ3n) is 4.45. The van der Waals surface area contributed by atoms with Crippen LogP contribution in [0.1, 0.15) is 38.8 Å². The summed E-state index contributed by atoms with van der Waals surface area (Å²) in [6.07, 6.45) is 1.81. The zero-order valence-electron chi connectivity index (χ0n) is 18.1. The Morgan fingerprint density at radius 1 is 1.07 bits per heavy atom. The number of nitrogens with one attached hydrogen (secondary N) is 1. The Labute approximate surface area is 176 Å². The fourth-order valence-electron chi connectivity index (χ4n) is 3.11. The average molecular weight is 408 g/mol. The van der Waals surface area contributed by atoms with Crippen molar-refractivity contribution in [3.05, 3.63) is 59.8 Å². The highest BCUT2D eigenvalue weighted by atomic mass is 16.6. The molecule has 6 nitrogen and oxygen atoms in total. The van der Waals surface area contributed by atoms with Gasteiger partial charge in [-0.1, -0.05) is 23.8 Å². The van der Waals surface area contributed by atoms with Crippen LogP contribution in [0.3, 0.4) is 0 Å². The van der Waals surface area contributed by atoms with Gasteiger partial charge < -0.3 is 14.8 Å². The second-order valence-electron chi connectivity index (χ2n) is 8.34. The van der Waals surface area contributed by atoms with Crippen LogP contribution in [0.25, 0.3) is 10.9 Å². The first-order chi connectivity index (χ1) is 14.1. The number of ether oxygens (including phenoxy) is 2. The molecule has 0 saturated carbocycles. The molecule has 1 heterocycles. The van der Waals surface area contributed by atoms with E-state index in [1.807, 2.05) is 70.2 Å². The highest BCUT2D eigenvalue weighted by molar-refractivity contribution is 6.04. The van der Waals surface area contributed by atoms with Crippen LogP contribution >= 0.6 is 0 Å². The highest BCUT2D eigenvalue weighted by Crippen LogP contribution is 2.28. The topological polar surface area (TPSA) is 69.6 Å². The Bertz CT molecular complexity index is 1060. The van der Waals surface area contributed by atoms with Crippen molar-refractivity contribution in [3.8, 4) is 5.75 Å². The summed E-state index contributed by atoms with van der Waals surface area (Å²) in [6.45, 7) is 9.45. The number of amides is 1. The summed E-state index contributed by atoms with van der Waals surface area (Å²) in [5.74, 6) is 0.628. The van der Waals surface area contributed by atoms with Gasteiger partial charge in [0.25, 0.3) is 0 Å². The molecule has 0 fully saturated rings. The third-order valence-corrected chi connectivity index (χ3v) is 4.45. The lowest BCUT2D eigenvalue weighted by atomic mass is 10.1. The Morgan fingerprint density at radius 2 is 1.77 bits per heavy atom. The minimum atomic E-state index is -0.616. The van der Waals surface area contributed by atoms with Crippen molar-refractivity contribution in [2.24, 2.45) is 0 Å². The lowest BCUT2D eigenvalue weighted by molar-refractivity contribution is -0.114. The van der Waals surface area contributed by atoms with E-state index in [2.05, 4.69) is 5.32 Å². The van der Waals surface area contributed by atoms with E-state index >= 15 is 0 Å². The normalized spacial score (nSPS) is 11.4. The molecule has 30 heavy (non-hydrogen) atoms. The molecule has 0 aliphatic heterocycles. The quantitative estimate of drug-likeness (QED) is 0.621. The van der Waals surface area contributed by atoms with E-state index in [-0.39, 0.29) is 5.91 Å². The maximum atomic E-state index is 12.6. The Kier molecular flexibility index (Phi) is 6.15. The number of hydrogen-bond acceptors (Lipinski definition) is 4. The number of rotatable bonds is 5. The van der Waals surface area contributed by atoms with Crippen molar-refractivity contribution < 1.29 is 19.1 Å². The first-order valence-electron chi connectivity index (χ1n) is 9.97. The number of fused-ring (bicyclic) bond motifs is 1. The van der Waals surface area contributed by atoms with Crippen LogP contribution in [-0.4, -0.2) is 28.8 Å². The molecule has 3 aromatic rings. The molecule has 0 aliphatic rings. The van der Waals surface area contributed by atoms with E-state index in [9.17, 15) is 9.59 Å². The van der Waals surface area contributed by atoms with Gasteiger partial charge in [-0.2, -0.15) is 0 Å². The molecule has 1 amide bonds. The second-order valence-corrected chi connectivity index (χ2v) is 8.34. The molecule has 0 unspecified atom stereocenters. The van der Waals surface area contributed by atoms with E-state index in [0.717, 1.165) is 16.7 Å². The molecule has 0 radical (unpaired) electrons. The van der Waals surface area contributed by atoms with Crippen molar-refractivity contribution in [1.29, 1.82) is 0 Å². The Morgan fingerprint density at radius 3 is 2.40 bits per heavy atom. The number of carbonyl (C=O) groups is 2. The molecule has 1 N–H and O–H groups in total. The van der Waals surface area contributed by atoms with Gasteiger partial charge in [-0.3, -0.25) is 9.36 Å². The number of nitrogens with zero attached hydrogens (tertiary/aromatic N) is 1. The van der Waals surface area contributed by atoms with Crippen LogP contribution in [0.2, 0.25) is 0 Å². The molecule has 0 spiro atoms. The molecule has 158 valence electrons. The summed E-state index contributed by atoms with van der Waals surface area (Å²) < 4.78 is 12.7. The van der Waals surface area contributed by atoms with E-state index < -0.39 is 11.7 Å². The monoisotopic (exact) mass is 408 g/mol. The van der Waals surface area contributed by atoms with Gasteiger partial charge in [-0.15, -0.1) is 0 Å². The second kappa shape index (κ2) is 8.61. The van der Waals surface area contributed by atoms with Gasteiger partial charge in [0, 0.05) is 24.9 Å². The predicted octanol–water partition coefficient (Wildman–Crippen LogP) is 5.31. The Hall–Kier alpha value is -3.28. The predicted molar refractivity (Wildman–Crippen MR) is 118 cm³/mol. The van der Waals surface area contributed by atoms with Crippen molar-refractivity contribution in [3.63, 3.8) is 0 Å². The summed E-state index contributed by atoms with van der Waals surface area (Å²) in [6, 6.07) is 13.7. The fourth-order valence-corrected chi connectivity index (χ4v) is 3.11. The van der Waals surface area contributed by atoms with Crippen LogP contribution < -0.4 is 10.1 Å². The van der Waals surface area contributed by atoms with Crippen LogP contribution in [0.15, 0.2) is 48.7 Å². The molecular formula is C24H28N2O4. The molecular weight excluding hydrogens is 380 g/mol. The van der Waals surface area contributed by atoms with Crippen molar-refractivity contribution in [1.82, 2.24) is 4.57 Å². The highest BCUT2D eigenvalue weighted by Gasteiger charge is 2.21. The molecule has 0 atom stereocenters. The summed E-state index contributed by atoms with van der Waals surface area (Å²) in [5, 5.41) is 3.58. The number of carbonyl (C=O) groups excluding carboxylic acids is 2. The molecule has 0 bridgehead atoms. The zero-order valence-corrected chi connectivity index (χ0v) is 18.1. The molecule has 2 aromatic carbocycles. The lowest BCUT2D eigenvalue weighted by Gasteiger charge is -2.19. The minimum absolute atomic E-state index is 0.202. The molecule has 6 heteroatoms. The van der Waals surface area contributed by atoms with Crippen LogP contribution in [0, 0.1) is 6.92 Å². The number of hydrogen-bond donors (Lipinski definition) is 1. The third kappa shape index (κ3) is 5.41. The average Bonchev–Trinajstić information content (AvgIpc) is 2.99. The smallest absolute Gasteiger partial charge is 0.419 e. The van der Waals surface area contributed by atoms with Gasteiger partial charge in [-0.05, 0) is 57.5 Å². The van der Waals surface area contributed by atoms with Gasteiger partial charge in [0.15, 0.2) is 0 Å². The van der Waals surface area contributed by atoms with Gasteiger partial charge in [0.1, 0.15) is 11.4 Å². The maximum absolute atomic E-state index is 12.6. The van der Waals surface area contributed by atoms with Crippen molar-refractivity contribution in [2.45, 2.75) is 46.6 Å². The van der Waals surface area contributed by atoms with Crippen LogP contribution in [0.5, 0.6) is 5.75 Å². The number of benzene rings is 2.